The number of ether oxygens (including phenoxy) is 2. The van der Waals surface area contributed by atoms with E-state index < -0.39 is 0 Å². The summed E-state index contributed by atoms with van der Waals surface area (Å²) in [5.41, 5.74) is 2.73. The van der Waals surface area contributed by atoms with Gasteiger partial charge in [-0.05, 0) is 61.0 Å². The molecule has 30 heavy (non-hydrogen) atoms. The van der Waals surface area contributed by atoms with Crippen molar-refractivity contribution in [3.8, 4) is 17.2 Å². The molecule has 0 aliphatic rings. The second-order valence-corrected chi connectivity index (χ2v) is 6.56. The van der Waals surface area contributed by atoms with E-state index in [4.69, 9.17) is 9.47 Å². The summed E-state index contributed by atoms with van der Waals surface area (Å²) in [5, 5.41) is 14.5. The summed E-state index contributed by atoms with van der Waals surface area (Å²) in [6, 6.07) is 23.1. The highest BCUT2D eigenvalue weighted by Crippen LogP contribution is 2.28. The van der Waals surface area contributed by atoms with Gasteiger partial charge in [0, 0.05) is 5.69 Å². The maximum atomic E-state index is 5.81. The first-order valence-electron chi connectivity index (χ1n) is 9.41. The van der Waals surface area contributed by atoms with Gasteiger partial charge in [0.25, 0.3) is 0 Å². The van der Waals surface area contributed by atoms with E-state index in [1.165, 1.54) is 0 Å². The van der Waals surface area contributed by atoms with E-state index in [-0.39, 0.29) is 0 Å². The van der Waals surface area contributed by atoms with Crippen LogP contribution in [0, 0.1) is 6.92 Å². The van der Waals surface area contributed by atoms with Gasteiger partial charge in [0.05, 0.1) is 19.0 Å². The van der Waals surface area contributed by atoms with Gasteiger partial charge in [0.15, 0.2) is 5.82 Å². The lowest BCUT2D eigenvalue weighted by Gasteiger charge is -2.11. The predicted molar refractivity (Wildman–Crippen MR) is 117 cm³/mol. The van der Waals surface area contributed by atoms with Crippen molar-refractivity contribution in [3.63, 3.8) is 0 Å². The van der Waals surface area contributed by atoms with Crippen molar-refractivity contribution in [1.82, 2.24) is 15.2 Å². The van der Waals surface area contributed by atoms with Gasteiger partial charge >= 0.3 is 0 Å². The third-order valence-corrected chi connectivity index (χ3v) is 4.27. The minimum absolute atomic E-state index is 0.368. The number of methoxy groups -OCH3 is 1. The molecule has 0 amide bonds. The van der Waals surface area contributed by atoms with Gasteiger partial charge in [-0.3, -0.25) is 0 Å². The number of benzene rings is 3. The summed E-state index contributed by atoms with van der Waals surface area (Å²) in [6.45, 7) is 2.01. The molecule has 2 N–H and O–H groups in total. The second kappa shape index (κ2) is 8.91. The van der Waals surface area contributed by atoms with Crippen LogP contribution in [0.2, 0.25) is 0 Å². The summed E-state index contributed by atoms with van der Waals surface area (Å²) in [4.78, 5) is 4.48. The molecule has 150 valence electrons. The van der Waals surface area contributed by atoms with Crippen LogP contribution < -0.4 is 20.1 Å². The lowest BCUT2D eigenvalue weighted by Crippen LogP contribution is -2.03. The van der Waals surface area contributed by atoms with Crippen LogP contribution in [0.25, 0.3) is 0 Å². The summed E-state index contributed by atoms with van der Waals surface area (Å²) >= 11 is 0. The van der Waals surface area contributed by atoms with Crippen molar-refractivity contribution >= 4 is 23.1 Å². The Hall–Kier alpha value is -4.13. The number of hydrogen-bond donors (Lipinski definition) is 2. The van der Waals surface area contributed by atoms with Crippen LogP contribution in [0.5, 0.6) is 17.2 Å². The Balaban J connectivity index is 1.45. The third kappa shape index (κ3) is 4.82. The molecule has 0 saturated carbocycles. The number of hydrogen-bond acceptors (Lipinski definition) is 7. The first-order chi connectivity index (χ1) is 14.7. The quantitative estimate of drug-likeness (QED) is 0.426. The van der Waals surface area contributed by atoms with Crippen molar-refractivity contribution < 1.29 is 9.47 Å². The monoisotopic (exact) mass is 399 g/mol. The first kappa shape index (κ1) is 19.2. The largest absolute Gasteiger partial charge is 0.495 e. The molecule has 4 aromatic rings. The van der Waals surface area contributed by atoms with Gasteiger partial charge < -0.3 is 20.1 Å². The number of rotatable bonds is 7. The molecule has 0 radical (unpaired) electrons. The number of para-hydroxylation sites is 1. The van der Waals surface area contributed by atoms with Crippen molar-refractivity contribution in [2.45, 2.75) is 6.92 Å². The Labute approximate surface area is 174 Å². The van der Waals surface area contributed by atoms with E-state index in [0.717, 1.165) is 28.4 Å². The van der Waals surface area contributed by atoms with Crippen LogP contribution in [0.15, 0.2) is 79.0 Å². The third-order valence-electron chi connectivity index (χ3n) is 4.27. The van der Waals surface area contributed by atoms with Crippen molar-refractivity contribution in [3.05, 3.63) is 84.6 Å². The molecule has 0 atom stereocenters. The molecule has 0 aliphatic carbocycles. The molecule has 1 aromatic heterocycles. The number of nitrogens with one attached hydrogen (secondary N) is 2. The van der Waals surface area contributed by atoms with Crippen LogP contribution in [0.1, 0.15) is 5.56 Å². The second-order valence-electron chi connectivity index (χ2n) is 6.56. The smallest absolute Gasteiger partial charge is 0.249 e. The average Bonchev–Trinajstić information content (AvgIpc) is 2.76. The highest BCUT2D eigenvalue weighted by molar-refractivity contribution is 5.64. The number of anilines is 4. The fourth-order valence-corrected chi connectivity index (χ4v) is 2.84. The molecule has 3 aromatic carbocycles. The minimum atomic E-state index is 0.368. The molecule has 0 fully saturated rings. The average molecular weight is 399 g/mol. The summed E-state index contributed by atoms with van der Waals surface area (Å²) < 4.78 is 11.2. The highest BCUT2D eigenvalue weighted by Gasteiger charge is 2.07. The van der Waals surface area contributed by atoms with E-state index in [2.05, 4.69) is 25.8 Å². The van der Waals surface area contributed by atoms with E-state index in [1.807, 2.05) is 79.7 Å². The highest BCUT2D eigenvalue weighted by atomic mass is 16.5. The molecule has 0 saturated heterocycles. The molecule has 4 rings (SSSR count). The zero-order valence-electron chi connectivity index (χ0n) is 16.7. The summed E-state index contributed by atoms with van der Waals surface area (Å²) in [6.07, 6.45) is 1.56. The van der Waals surface area contributed by atoms with E-state index in [9.17, 15) is 0 Å². The van der Waals surface area contributed by atoms with Crippen LogP contribution in [0.4, 0.5) is 23.1 Å². The van der Waals surface area contributed by atoms with Crippen LogP contribution in [-0.2, 0) is 0 Å². The molecule has 1 heterocycles. The lowest BCUT2D eigenvalue weighted by molar-refractivity contribution is 0.416. The molecule has 0 aliphatic heterocycles. The van der Waals surface area contributed by atoms with Crippen LogP contribution in [0.3, 0.4) is 0 Å². The zero-order valence-corrected chi connectivity index (χ0v) is 16.7. The Kier molecular flexibility index (Phi) is 5.70. The SMILES string of the molecule is COc1ccc(C)cc1Nc1nncc(Nc2ccc(Oc3ccccc3)cc2)n1. The van der Waals surface area contributed by atoms with Crippen LogP contribution >= 0.6 is 0 Å². The number of aryl methyl sites for hydroxylation is 1. The standard InChI is InChI=1S/C23H21N5O2/c1-16-8-13-21(29-2)20(14-16)26-23-27-22(15-24-28-23)25-17-9-11-19(12-10-17)30-18-6-4-3-5-7-18/h3-15H,1-2H3,(H2,25,26,27,28). The van der Waals surface area contributed by atoms with Crippen LogP contribution in [-0.4, -0.2) is 22.3 Å². The molecule has 7 nitrogen and oxygen atoms in total. The normalized spacial score (nSPS) is 10.3. The molecular weight excluding hydrogens is 378 g/mol. The van der Waals surface area contributed by atoms with E-state index in [0.29, 0.717) is 17.5 Å². The van der Waals surface area contributed by atoms with Gasteiger partial charge in [-0.25, -0.2) is 0 Å². The molecule has 0 bridgehead atoms. The van der Waals surface area contributed by atoms with Crippen molar-refractivity contribution in [1.29, 1.82) is 0 Å². The van der Waals surface area contributed by atoms with E-state index >= 15 is 0 Å². The lowest BCUT2D eigenvalue weighted by atomic mass is 10.2. The molecule has 7 heteroatoms. The first-order valence-corrected chi connectivity index (χ1v) is 9.41. The zero-order chi connectivity index (χ0) is 20.8. The Morgan fingerprint density at radius 3 is 2.37 bits per heavy atom. The fourth-order valence-electron chi connectivity index (χ4n) is 2.84. The minimum Gasteiger partial charge on any atom is -0.495 e. The number of nitrogens with zero attached hydrogens (tertiary/aromatic N) is 3. The fraction of sp³-hybridized carbons (Fsp3) is 0.0870. The van der Waals surface area contributed by atoms with Crippen molar-refractivity contribution in [2.75, 3.05) is 17.7 Å². The predicted octanol–water partition coefficient (Wildman–Crippen LogP) is 5.47. The molecular formula is C23H21N5O2. The summed E-state index contributed by atoms with van der Waals surface area (Å²) in [7, 11) is 1.62. The van der Waals surface area contributed by atoms with E-state index in [1.54, 1.807) is 13.3 Å². The molecule has 0 spiro atoms. The Bertz CT molecular complexity index is 1120. The van der Waals surface area contributed by atoms with Gasteiger partial charge in [0.1, 0.15) is 17.2 Å². The van der Waals surface area contributed by atoms with Crippen molar-refractivity contribution in [2.24, 2.45) is 0 Å². The maximum Gasteiger partial charge on any atom is 0.249 e. The number of aromatic nitrogens is 3. The summed E-state index contributed by atoms with van der Waals surface area (Å²) in [5.74, 6) is 3.18. The van der Waals surface area contributed by atoms with Gasteiger partial charge in [-0.15, -0.1) is 5.10 Å². The topological polar surface area (TPSA) is 81.2 Å². The Morgan fingerprint density at radius 2 is 1.60 bits per heavy atom. The maximum absolute atomic E-state index is 5.81. The molecule has 0 unspecified atom stereocenters. The van der Waals surface area contributed by atoms with Gasteiger partial charge in [0.2, 0.25) is 5.95 Å². The Morgan fingerprint density at radius 1 is 0.833 bits per heavy atom. The van der Waals surface area contributed by atoms with Gasteiger partial charge in [-0.1, -0.05) is 24.3 Å². The van der Waals surface area contributed by atoms with Gasteiger partial charge in [-0.2, -0.15) is 10.1 Å².